The van der Waals surface area contributed by atoms with E-state index in [1.165, 1.54) is 5.56 Å². The number of hydrogen-bond acceptors (Lipinski definition) is 3. The van der Waals surface area contributed by atoms with Gasteiger partial charge in [0.15, 0.2) is 0 Å². The van der Waals surface area contributed by atoms with Crippen molar-refractivity contribution in [2.24, 2.45) is 5.73 Å². The predicted molar refractivity (Wildman–Crippen MR) is 77.8 cm³/mol. The summed E-state index contributed by atoms with van der Waals surface area (Å²) in [6, 6.07) is 8.50. The van der Waals surface area contributed by atoms with Crippen molar-refractivity contribution in [3.63, 3.8) is 0 Å². The predicted octanol–water partition coefficient (Wildman–Crippen LogP) is 2.76. The lowest BCUT2D eigenvalue weighted by molar-refractivity contribution is 0.0682. The third-order valence-electron chi connectivity index (χ3n) is 2.68. The van der Waals surface area contributed by atoms with Gasteiger partial charge in [-0.1, -0.05) is 28.1 Å². The van der Waals surface area contributed by atoms with Crippen molar-refractivity contribution in [1.29, 1.82) is 0 Å². The summed E-state index contributed by atoms with van der Waals surface area (Å²) in [7, 11) is 1.68. The van der Waals surface area contributed by atoms with Crippen LogP contribution in [-0.4, -0.2) is 33.0 Å². The van der Waals surface area contributed by atoms with Gasteiger partial charge in [0.05, 0.1) is 13.2 Å². The highest BCUT2D eigenvalue weighted by molar-refractivity contribution is 9.10. The molecule has 1 unspecified atom stereocenters. The summed E-state index contributed by atoms with van der Waals surface area (Å²) in [5, 5.41) is 0. The number of benzene rings is 1. The molecule has 102 valence electrons. The average molecular weight is 316 g/mol. The van der Waals surface area contributed by atoms with Crippen molar-refractivity contribution < 1.29 is 9.47 Å². The van der Waals surface area contributed by atoms with Crippen molar-refractivity contribution in [3.8, 4) is 0 Å². The fourth-order valence-corrected chi connectivity index (χ4v) is 2.21. The van der Waals surface area contributed by atoms with E-state index in [0.29, 0.717) is 13.2 Å². The lowest BCUT2D eigenvalue weighted by Crippen LogP contribution is -2.23. The fourth-order valence-electron chi connectivity index (χ4n) is 1.76. The van der Waals surface area contributed by atoms with E-state index in [-0.39, 0.29) is 6.04 Å². The number of rotatable bonds is 9. The highest BCUT2D eigenvalue weighted by Gasteiger charge is 2.04. The molecule has 0 spiro atoms. The normalized spacial score (nSPS) is 12.6. The smallest absolute Gasteiger partial charge is 0.0700 e. The van der Waals surface area contributed by atoms with Crippen molar-refractivity contribution in [3.05, 3.63) is 34.3 Å². The second kappa shape index (κ2) is 9.50. The van der Waals surface area contributed by atoms with Crippen LogP contribution in [0.25, 0.3) is 0 Å². The Morgan fingerprint density at radius 3 is 2.83 bits per heavy atom. The molecule has 0 aliphatic heterocycles. The second-order valence-corrected chi connectivity index (χ2v) is 5.26. The molecule has 0 aliphatic carbocycles. The zero-order valence-corrected chi connectivity index (χ0v) is 12.5. The summed E-state index contributed by atoms with van der Waals surface area (Å²) in [5.41, 5.74) is 7.38. The first-order valence-electron chi connectivity index (χ1n) is 6.29. The van der Waals surface area contributed by atoms with E-state index in [9.17, 15) is 0 Å². The maximum absolute atomic E-state index is 6.10. The van der Waals surface area contributed by atoms with Gasteiger partial charge in [-0.25, -0.2) is 0 Å². The summed E-state index contributed by atoms with van der Waals surface area (Å²) in [6.45, 7) is 2.08. The number of halogens is 1. The Hall–Kier alpha value is -0.420. The molecule has 0 bridgehead atoms. The summed E-state index contributed by atoms with van der Waals surface area (Å²) in [6.07, 6.45) is 2.90. The first-order chi connectivity index (χ1) is 8.72. The molecule has 18 heavy (non-hydrogen) atoms. The standard InChI is InChI=1S/C14H22BrNO2/c1-17-8-9-18-7-3-6-14(16)11-12-4-2-5-13(15)10-12/h2,4-5,10,14H,3,6-9,11,16H2,1H3. The highest BCUT2D eigenvalue weighted by Crippen LogP contribution is 2.13. The Balaban J connectivity index is 2.12. The average Bonchev–Trinajstić information content (AvgIpc) is 2.33. The van der Waals surface area contributed by atoms with E-state index in [4.69, 9.17) is 15.2 Å². The fraction of sp³-hybridized carbons (Fsp3) is 0.571. The van der Waals surface area contributed by atoms with Crippen molar-refractivity contribution in [2.75, 3.05) is 26.9 Å². The molecule has 1 atom stereocenters. The van der Waals surface area contributed by atoms with Crippen LogP contribution >= 0.6 is 15.9 Å². The number of methoxy groups -OCH3 is 1. The molecule has 0 saturated carbocycles. The third kappa shape index (κ3) is 7.11. The first kappa shape index (κ1) is 15.6. The Labute approximate surface area is 118 Å². The van der Waals surface area contributed by atoms with Crippen LogP contribution < -0.4 is 5.73 Å². The highest BCUT2D eigenvalue weighted by atomic mass is 79.9. The number of hydrogen-bond donors (Lipinski definition) is 1. The zero-order chi connectivity index (χ0) is 13.2. The van der Waals surface area contributed by atoms with E-state index >= 15 is 0 Å². The van der Waals surface area contributed by atoms with Crippen LogP contribution in [0.2, 0.25) is 0 Å². The van der Waals surface area contributed by atoms with E-state index in [2.05, 4.69) is 28.1 Å². The summed E-state index contributed by atoms with van der Waals surface area (Å²) >= 11 is 3.47. The minimum atomic E-state index is 0.199. The van der Waals surface area contributed by atoms with Gasteiger partial charge in [0, 0.05) is 24.2 Å². The molecule has 0 radical (unpaired) electrons. The molecule has 1 aromatic rings. The van der Waals surface area contributed by atoms with Crippen LogP contribution in [0.3, 0.4) is 0 Å². The Morgan fingerprint density at radius 2 is 2.11 bits per heavy atom. The van der Waals surface area contributed by atoms with Crippen LogP contribution in [0, 0.1) is 0 Å². The van der Waals surface area contributed by atoms with Gasteiger partial charge in [0.25, 0.3) is 0 Å². The minimum Gasteiger partial charge on any atom is -0.382 e. The topological polar surface area (TPSA) is 44.5 Å². The van der Waals surface area contributed by atoms with Crippen molar-refractivity contribution in [1.82, 2.24) is 0 Å². The second-order valence-electron chi connectivity index (χ2n) is 4.34. The molecule has 0 aromatic heterocycles. The van der Waals surface area contributed by atoms with E-state index < -0.39 is 0 Å². The molecule has 1 rings (SSSR count). The van der Waals surface area contributed by atoms with E-state index in [0.717, 1.165) is 30.3 Å². The number of nitrogens with two attached hydrogens (primary N) is 1. The van der Waals surface area contributed by atoms with Crippen LogP contribution in [0.1, 0.15) is 18.4 Å². The quantitative estimate of drug-likeness (QED) is 0.713. The van der Waals surface area contributed by atoms with Gasteiger partial charge in [-0.3, -0.25) is 0 Å². The summed E-state index contributed by atoms with van der Waals surface area (Å²) < 4.78 is 11.4. The Kier molecular flexibility index (Phi) is 8.25. The van der Waals surface area contributed by atoms with Gasteiger partial charge in [-0.05, 0) is 37.0 Å². The van der Waals surface area contributed by atoms with E-state index in [1.807, 2.05) is 12.1 Å². The molecule has 3 nitrogen and oxygen atoms in total. The molecule has 2 N–H and O–H groups in total. The molecular weight excluding hydrogens is 294 g/mol. The van der Waals surface area contributed by atoms with Crippen LogP contribution in [0.4, 0.5) is 0 Å². The maximum atomic E-state index is 6.10. The van der Waals surface area contributed by atoms with Gasteiger partial charge >= 0.3 is 0 Å². The van der Waals surface area contributed by atoms with Gasteiger partial charge in [0.2, 0.25) is 0 Å². The van der Waals surface area contributed by atoms with Gasteiger partial charge in [0.1, 0.15) is 0 Å². The summed E-state index contributed by atoms with van der Waals surface area (Å²) in [5.74, 6) is 0. The third-order valence-corrected chi connectivity index (χ3v) is 3.18. The minimum absolute atomic E-state index is 0.199. The Morgan fingerprint density at radius 1 is 1.28 bits per heavy atom. The molecular formula is C14H22BrNO2. The zero-order valence-electron chi connectivity index (χ0n) is 10.9. The molecule has 4 heteroatoms. The SMILES string of the molecule is COCCOCCCC(N)Cc1cccc(Br)c1. The van der Waals surface area contributed by atoms with Crippen molar-refractivity contribution >= 4 is 15.9 Å². The van der Waals surface area contributed by atoms with E-state index in [1.54, 1.807) is 7.11 Å². The van der Waals surface area contributed by atoms with Crippen LogP contribution in [-0.2, 0) is 15.9 Å². The largest absolute Gasteiger partial charge is 0.382 e. The monoisotopic (exact) mass is 315 g/mol. The molecule has 1 aromatic carbocycles. The maximum Gasteiger partial charge on any atom is 0.0700 e. The van der Waals surface area contributed by atoms with Gasteiger partial charge < -0.3 is 15.2 Å². The van der Waals surface area contributed by atoms with Crippen molar-refractivity contribution in [2.45, 2.75) is 25.3 Å². The molecule has 0 aliphatic rings. The van der Waals surface area contributed by atoms with Crippen LogP contribution in [0.15, 0.2) is 28.7 Å². The first-order valence-corrected chi connectivity index (χ1v) is 7.08. The molecule has 0 fully saturated rings. The Bertz CT molecular complexity index is 333. The summed E-state index contributed by atoms with van der Waals surface area (Å²) in [4.78, 5) is 0. The lowest BCUT2D eigenvalue weighted by atomic mass is 10.0. The van der Waals surface area contributed by atoms with Gasteiger partial charge in [-0.2, -0.15) is 0 Å². The molecule has 0 amide bonds. The van der Waals surface area contributed by atoms with Crippen LogP contribution in [0.5, 0.6) is 0 Å². The molecule has 0 heterocycles. The van der Waals surface area contributed by atoms with Gasteiger partial charge in [-0.15, -0.1) is 0 Å². The number of ether oxygens (including phenoxy) is 2. The molecule has 0 saturated heterocycles. The lowest BCUT2D eigenvalue weighted by Gasteiger charge is -2.12.